The maximum atomic E-state index is 10.6. The maximum Gasteiger partial charge on any atom is 0.490 e. The molecule has 15 heteroatoms. The SMILES string of the molecule is Cn1ccnc1CN1CCN2C[C@H](Oc3ccccc3)C[C@H]2C1.O=C(O)C(F)(F)F.O=C(O)C(F)(F)F. The Morgan fingerprint density at radius 1 is 1.00 bits per heavy atom. The first-order valence-corrected chi connectivity index (χ1v) is 10.9. The number of carboxylic acid groups (broad SMARTS) is 2. The van der Waals surface area contributed by atoms with Crippen LogP contribution in [0.1, 0.15) is 12.2 Å². The lowest BCUT2D eigenvalue weighted by Crippen LogP contribution is -2.49. The van der Waals surface area contributed by atoms with Crippen LogP contribution in [0, 0.1) is 0 Å². The number of para-hydroxylation sites is 1. The molecule has 1 aromatic heterocycles. The first kappa shape index (κ1) is 29.9. The van der Waals surface area contributed by atoms with Crippen molar-refractivity contribution in [2.75, 3.05) is 26.2 Å². The van der Waals surface area contributed by atoms with Crippen molar-refractivity contribution in [2.45, 2.75) is 37.5 Å². The Morgan fingerprint density at radius 3 is 2.05 bits per heavy atom. The second kappa shape index (κ2) is 12.8. The summed E-state index contributed by atoms with van der Waals surface area (Å²) in [7, 11) is 2.07. The molecule has 9 nitrogen and oxygen atoms in total. The van der Waals surface area contributed by atoms with E-state index in [1.807, 2.05) is 42.7 Å². The lowest BCUT2D eigenvalue weighted by molar-refractivity contribution is -0.193. The number of hydrogen-bond acceptors (Lipinski definition) is 6. The Morgan fingerprint density at radius 2 is 1.57 bits per heavy atom. The minimum atomic E-state index is -5.08. The van der Waals surface area contributed by atoms with E-state index in [9.17, 15) is 26.3 Å². The van der Waals surface area contributed by atoms with E-state index in [4.69, 9.17) is 24.5 Å². The molecule has 0 saturated carbocycles. The number of imidazole rings is 1. The van der Waals surface area contributed by atoms with E-state index in [0.29, 0.717) is 12.1 Å². The van der Waals surface area contributed by atoms with Crippen LogP contribution in [0.15, 0.2) is 42.7 Å². The van der Waals surface area contributed by atoms with Crippen LogP contribution in [0.25, 0.3) is 0 Å². The summed E-state index contributed by atoms with van der Waals surface area (Å²) < 4.78 is 71.7. The molecule has 2 saturated heterocycles. The Labute approximate surface area is 207 Å². The van der Waals surface area contributed by atoms with Crippen LogP contribution in [0.5, 0.6) is 5.75 Å². The summed E-state index contributed by atoms with van der Waals surface area (Å²) in [6.07, 6.45) is -4.84. The number of nitrogens with zero attached hydrogens (tertiary/aromatic N) is 4. The largest absolute Gasteiger partial charge is 0.490 e. The van der Waals surface area contributed by atoms with Gasteiger partial charge < -0.3 is 19.5 Å². The number of carbonyl (C=O) groups is 2. The van der Waals surface area contributed by atoms with Crippen LogP contribution in [0.2, 0.25) is 0 Å². The highest BCUT2D eigenvalue weighted by molar-refractivity contribution is 5.73. The molecule has 2 aliphatic rings. The minimum Gasteiger partial charge on any atom is -0.489 e. The van der Waals surface area contributed by atoms with Gasteiger partial charge in [0.1, 0.15) is 17.7 Å². The number of aromatic nitrogens is 2. The first-order chi connectivity index (χ1) is 17.2. The molecule has 2 atom stereocenters. The second-order valence-electron chi connectivity index (χ2n) is 8.23. The van der Waals surface area contributed by atoms with Crippen molar-refractivity contribution in [2.24, 2.45) is 7.05 Å². The van der Waals surface area contributed by atoms with Crippen LogP contribution in [-0.4, -0.2) is 92.2 Å². The predicted octanol–water partition coefficient (Wildman–Crippen LogP) is 3.02. The Hall–Kier alpha value is -3.33. The molecule has 2 aliphatic heterocycles. The number of alkyl halides is 6. The number of hydrogen-bond donors (Lipinski definition) is 2. The molecule has 206 valence electrons. The number of aliphatic carboxylic acids is 2. The molecule has 0 bridgehead atoms. The van der Waals surface area contributed by atoms with Crippen molar-refractivity contribution in [1.29, 1.82) is 0 Å². The molecule has 37 heavy (non-hydrogen) atoms. The number of ether oxygens (including phenoxy) is 1. The van der Waals surface area contributed by atoms with E-state index in [1.54, 1.807) is 0 Å². The normalized spacial score (nSPS) is 20.1. The van der Waals surface area contributed by atoms with Gasteiger partial charge in [0.2, 0.25) is 0 Å². The summed E-state index contributed by atoms with van der Waals surface area (Å²) in [4.78, 5) is 27.3. The molecule has 0 aliphatic carbocycles. The zero-order chi connectivity index (χ0) is 27.8. The zero-order valence-corrected chi connectivity index (χ0v) is 19.6. The van der Waals surface area contributed by atoms with Gasteiger partial charge in [-0.25, -0.2) is 14.6 Å². The average Bonchev–Trinajstić information content (AvgIpc) is 3.39. The fourth-order valence-corrected chi connectivity index (χ4v) is 3.73. The van der Waals surface area contributed by atoms with Crippen molar-refractivity contribution in [3.63, 3.8) is 0 Å². The lowest BCUT2D eigenvalue weighted by Gasteiger charge is -2.36. The summed E-state index contributed by atoms with van der Waals surface area (Å²) in [6.45, 7) is 5.35. The lowest BCUT2D eigenvalue weighted by atomic mass is 10.1. The third-order valence-corrected chi connectivity index (χ3v) is 5.48. The van der Waals surface area contributed by atoms with Crippen molar-refractivity contribution >= 4 is 11.9 Å². The van der Waals surface area contributed by atoms with E-state index < -0.39 is 24.3 Å². The van der Waals surface area contributed by atoms with E-state index in [2.05, 4.69) is 26.4 Å². The van der Waals surface area contributed by atoms with E-state index in [1.165, 1.54) is 0 Å². The fourth-order valence-electron chi connectivity index (χ4n) is 3.73. The quantitative estimate of drug-likeness (QED) is 0.570. The highest BCUT2D eigenvalue weighted by Crippen LogP contribution is 2.26. The number of carboxylic acids is 2. The molecule has 0 radical (unpaired) electrons. The van der Waals surface area contributed by atoms with Crippen LogP contribution >= 0.6 is 0 Å². The van der Waals surface area contributed by atoms with Gasteiger partial charge in [-0.05, 0) is 12.1 Å². The summed E-state index contributed by atoms with van der Waals surface area (Å²) in [5.41, 5.74) is 0. The van der Waals surface area contributed by atoms with Crippen molar-refractivity contribution < 1.29 is 50.9 Å². The smallest absolute Gasteiger partial charge is 0.489 e. The number of piperazine rings is 1. The minimum absolute atomic E-state index is 0.315. The molecule has 0 spiro atoms. The van der Waals surface area contributed by atoms with Gasteiger partial charge in [-0.3, -0.25) is 9.80 Å². The average molecular weight is 540 g/mol. The van der Waals surface area contributed by atoms with Gasteiger partial charge in [-0.2, -0.15) is 26.3 Å². The van der Waals surface area contributed by atoms with Gasteiger partial charge in [0.25, 0.3) is 0 Å². The summed E-state index contributed by atoms with van der Waals surface area (Å²) in [5.74, 6) is -3.38. The molecule has 2 N–H and O–H groups in total. The molecule has 3 heterocycles. The van der Waals surface area contributed by atoms with Crippen molar-refractivity contribution in [3.05, 3.63) is 48.5 Å². The number of benzene rings is 1. The topological polar surface area (TPSA) is 108 Å². The Bertz CT molecular complexity index is 991. The van der Waals surface area contributed by atoms with Crippen molar-refractivity contribution in [3.8, 4) is 5.75 Å². The van der Waals surface area contributed by atoms with Gasteiger partial charge in [0.05, 0.1) is 6.54 Å². The van der Waals surface area contributed by atoms with Crippen molar-refractivity contribution in [1.82, 2.24) is 19.4 Å². The third-order valence-electron chi connectivity index (χ3n) is 5.48. The molecule has 0 unspecified atom stereocenters. The van der Waals surface area contributed by atoms with Gasteiger partial charge in [-0.15, -0.1) is 0 Å². The number of rotatable bonds is 4. The van der Waals surface area contributed by atoms with E-state index in [-0.39, 0.29) is 0 Å². The highest BCUT2D eigenvalue weighted by atomic mass is 19.4. The first-order valence-electron chi connectivity index (χ1n) is 10.9. The molecule has 2 fully saturated rings. The van der Waals surface area contributed by atoms with E-state index in [0.717, 1.165) is 50.7 Å². The van der Waals surface area contributed by atoms with Crippen LogP contribution in [0.3, 0.4) is 0 Å². The van der Waals surface area contributed by atoms with Gasteiger partial charge in [0, 0.05) is 58.1 Å². The van der Waals surface area contributed by atoms with Gasteiger partial charge >= 0.3 is 24.3 Å². The summed E-state index contributed by atoms with van der Waals surface area (Å²) in [5, 5.41) is 14.2. The number of fused-ring (bicyclic) bond motifs is 1. The monoisotopic (exact) mass is 540 g/mol. The molecular weight excluding hydrogens is 514 g/mol. The van der Waals surface area contributed by atoms with Crippen LogP contribution in [-0.2, 0) is 23.2 Å². The molecule has 1 aromatic carbocycles. The summed E-state index contributed by atoms with van der Waals surface area (Å²) in [6, 6.07) is 10.8. The second-order valence-corrected chi connectivity index (χ2v) is 8.23. The van der Waals surface area contributed by atoms with Gasteiger partial charge in [-0.1, -0.05) is 18.2 Å². The third kappa shape index (κ3) is 9.92. The molecule has 4 rings (SSSR count). The fraction of sp³-hybridized carbons (Fsp3) is 0.500. The van der Waals surface area contributed by atoms with Gasteiger partial charge in [0.15, 0.2) is 0 Å². The molecule has 2 aromatic rings. The number of aryl methyl sites for hydroxylation is 1. The Kier molecular flexibility index (Phi) is 10.3. The van der Waals surface area contributed by atoms with Crippen LogP contribution < -0.4 is 4.74 Å². The Balaban J connectivity index is 0.000000286. The summed E-state index contributed by atoms with van der Waals surface area (Å²) >= 11 is 0. The standard InChI is InChI=1S/C18H24N4O.2C2HF3O2/c1-20-8-7-19-18(20)14-21-9-10-22-13-17(11-15(22)12-21)23-16-5-3-2-4-6-16;2*3-2(4,5)1(6)7/h2-8,15,17H,9-14H2,1H3;2*(H,6,7)/t15-,17+;;/m0../s1. The van der Waals surface area contributed by atoms with Crippen LogP contribution in [0.4, 0.5) is 26.3 Å². The maximum absolute atomic E-state index is 10.6. The zero-order valence-electron chi connectivity index (χ0n) is 19.6. The van der Waals surface area contributed by atoms with E-state index >= 15 is 0 Å². The number of halogens is 6. The molecule has 0 amide bonds. The molecular formula is C22H26F6N4O5. The predicted molar refractivity (Wildman–Crippen MR) is 117 cm³/mol. The highest BCUT2D eigenvalue weighted by Gasteiger charge is 2.39.